The van der Waals surface area contributed by atoms with Gasteiger partial charge in [0.15, 0.2) is 0 Å². The molecule has 3 aromatic rings. The van der Waals surface area contributed by atoms with Crippen molar-refractivity contribution in [2.75, 3.05) is 13.6 Å². The highest BCUT2D eigenvalue weighted by atomic mass is 16.5. The Kier molecular flexibility index (Phi) is 23.0. The van der Waals surface area contributed by atoms with Gasteiger partial charge in [-0.15, -0.1) is 0 Å². The molecule has 0 bridgehead atoms. The number of hydrogen-bond donors (Lipinski definition) is 4. The van der Waals surface area contributed by atoms with E-state index in [0.29, 0.717) is 0 Å². The first-order valence-electron chi connectivity index (χ1n) is 14.5. The molecule has 0 aliphatic carbocycles. The fraction of sp³-hybridized carbons (Fsp3) is 0.353. The fourth-order valence-corrected chi connectivity index (χ4v) is 3.54. The molecule has 0 atom stereocenters. The molecule has 0 spiro atoms. The Bertz CT molecular complexity index is 1160. The van der Waals surface area contributed by atoms with Gasteiger partial charge in [-0.3, -0.25) is 19.8 Å². The molecule has 0 saturated heterocycles. The highest BCUT2D eigenvalue weighted by Gasteiger charge is 2.06. The average Bonchev–Trinajstić information content (AvgIpc) is 3.03. The van der Waals surface area contributed by atoms with Crippen LogP contribution in [0.4, 0.5) is 0 Å². The first-order chi connectivity index (χ1) is 20.5. The highest BCUT2D eigenvalue weighted by Crippen LogP contribution is 2.08. The number of carbonyl (C=O) groups excluding carboxylic acids is 2. The summed E-state index contributed by atoms with van der Waals surface area (Å²) in [6.45, 7) is 11.0. The predicted octanol–water partition coefficient (Wildman–Crippen LogP) is 6.87. The maximum Gasteiger partial charge on any atom is 0.251 e. The number of unbranched alkanes of at least 4 members (excludes halogenated alkanes) is 4. The summed E-state index contributed by atoms with van der Waals surface area (Å²) in [6.07, 6.45) is 12.0. The molecule has 8 heteroatoms. The van der Waals surface area contributed by atoms with Crippen LogP contribution in [-0.2, 0) is 4.79 Å². The van der Waals surface area contributed by atoms with Crippen LogP contribution in [0.1, 0.15) is 85.6 Å². The van der Waals surface area contributed by atoms with Crippen LogP contribution in [0.3, 0.4) is 0 Å². The summed E-state index contributed by atoms with van der Waals surface area (Å²) in [5.74, 6) is 0.0543. The van der Waals surface area contributed by atoms with E-state index in [0.717, 1.165) is 41.1 Å². The maximum atomic E-state index is 11.8. The number of nitrogens with zero attached hydrogens (tertiary/aromatic N) is 2. The lowest BCUT2D eigenvalue weighted by Gasteiger charge is -2.07. The summed E-state index contributed by atoms with van der Waals surface area (Å²) >= 11 is 0. The minimum absolute atomic E-state index is 0.0543. The smallest absolute Gasteiger partial charge is 0.251 e. The van der Waals surface area contributed by atoms with Crippen LogP contribution in [0.15, 0.2) is 84.1 Å². The van der Waals surface area contributed by atoms with Crippen molar-refractivity contribution >= 4 is 24.1 Å². The van der Waals surface area contributed by atoms with Crippen LogP contribution in [0.5, 0.6) is 0 Å². The Balaban J connectivity index is 0.000000678. The van der Waals surface area contributed by atoms with E-state index >= 15 is 0 Å². The molecule has 42 heavy (non-hydrogen) atoms. The molecule has 1 heterocycles. The lowest BCUT2D eigenvalue weighted by molar-refractivity contribution is -0.116. The highest BCUT2D eigenvalue weighted by molar-refractivity contribution is 6.10. The number of aryl methyl sites for hydroxylation is 2. The molecule has 8 nitrogen and oxygen atoms in total. The summed E-state index contributed by atoms with van der Waals surface area (Å²) in [5, 5.41) is 14.5. The molecular formula is C34H49N5O3. The van der Waals surface area contributed by atoms with E-state index in [2.05, 4.69) is 58.9 Å². The summed E-state index contributed by atoms with van der Waals surface area (Å²) in [4.78, 5) is 24.9. The van der Waals surface area contributed by atoms with Gasteiger partial charge in [-0.1, -0.05) is 101 Å². The number of benzene rings is 2. The molecule has 2 amide bonds. The summed E-state index contributed by atoms with van der Waals surface area (Å²) in [5.41, 5.74) is 10.0. The number of nitrogens with one attached hydrogen (secondary N) is 3. The topological polar surface area (TPSA) is 116 Å². The van der Waals surface area contributed by atoms with Crippen molar-refractivity contribution in [3.8, 4) is 0 Å². The second-order valence-corrected chi connectivity index (χ2v) is 8.91. The molecule has 2 aromatic carbocycles. The van der Waals surface area contributed by atoms with Crippen LogP contribution >= 0.6 is 0 Å². The molecule has 0 aliphatic rings. The van der Waals surface area contributed by atoms with Crippen LogP contribution < -0.4 is 16.2 Å². The van der Waals surface area contributed by atoms with Crippen LogP contribution in [0, 0.1) is 13.8 Å². The van der Waals surface area contributed by atoms with Crippen LogP contribution in [0.25, 0.3) is 6.08 Å². The number of carbonyl (C=O) groups is 2. The summed E-state index contributed by atoms with van der Waals surface area (Å²) in [6, 6.07) is 21.8. The van der Waals surface area contributed by atoms with E-state index in [-0.39, 0.29) is 12.3 Å². The van der Waals surface area contributed by atoms with E-state index in [1.807, 2.05) is 75.4 Å². The average molecular weight is 576 g/mol. The zero-order valence-corrected chi connectivity index (χ0v) is 26.1. The molecule has 228 valence electrons. The molecular weight excluding hydrogens is 526 g/mol. The Labute approximate surface area is 252 Å². The third kappa shape index (κ3) is 17.4. The standard InChI is InChI=1S/C16H17N3.C15H23NO.C2H6.CH3NO2/c1-13-6-8-14(9-7-13)16(19-17-2)11-10-15-5-3-4-12-18-15;1-3-4-5-6-9-12-16-15(17)14-11-8-7-10-13(14)2;1-2;3-1-2-4/h3-12,17H,1-2H3;7-8,10-11H,3-6,9,12H2,1-2H3,(H,16,17);1-2H3;1,4H,(H,2,3)/b11-10+,19-16-;;;. The van der Waals surface area contributed by atoms with Crippen molar-refractivity contribution in [1.29, 1.82) is 0 Å². The van der Waals surface area contributed by atoms with Crippen LogP contribution in [-0.4, -0.2) is 41.8 Å². The van der Waals surface area contributed by atoms with Gasteiger partial charge in [0.1, 0.15) is 0 Å². The predicted molar refractivity (Wildman–Crippen MR) is 175 cm³/mol. The van der Waals surface area contributed by atoms with E-state index < -0.39 is 0 Å². The van der Waals surface area contributed by atoms with E-state index in [9.17, 15) is 4.79 Å². The molecule has 0 unspecified atom stereocenters. The third-order valence-corrected chi connectivity index (χ3v) is 5.69. The maximum absolute atomic E-state index is 11.8. The monoisotopic (exact) mass is 575 g/mol. The molecule has 0 fully saturated rings. The van der Waals surface area contributed by atoms with E-state index in [1.54, 1.807) is 13.2 Å². The van der Waals surface area contributed by atoms with Gasteiger partial charge in [0.2, 0.25) is 6.41 Å². The first-order valence-corrected chi connectivity index (χ1v) is 14.5. The van der Waals surface area contributed by atoms with Gasteiger partial charge in [-0.25, -0.2) is 5.48 Å². The Morgan fingerprint density at radius 1 is 0.929 bits per heavy atom. The van der Waals surface area contributed by atoms with Crippen molar-refractivity contribution < 1.29 is 14.8 Å². The number of amides is 2. The zero-order valence-electron chi connectivity index (χ0n) is 26.1. The van der Waals surface area contributed by atoms with Gasteiger partial charge < -0.3 is 10.7 Å². The SMILES string of the molecule is CC.CCCCCCCNC(=O)c1ccccc1C.CN/N=C(/C=C/c1ccccn1)c1ccc(C)cc1.O=CNO. The largest absolute Gasteiger partial charge is 0.352 e. The lowest BCUT2D eigenvalue weighted by atomic mass is 10.1. The fourth-order valence-electron chi connectivity index (χ4n) is 3.54. The molecule has 0 saturated carbocycles. The van der Waals surface area contributed by atoms with Crippen molar-refractivity contribution in [3.05, 3.63) is 107 Å². The second-order valence-electron chi connectivity index (χ2n) is 8.91. The summed E-state index contributed by atoms with van der Waals surface area (Å²) in [7, 11) is 1.79. The molecule has 4 N–H and O–H groups in total. The number of pyridine rings is 1. The normalized spacial score (nSPS) is 10.1. The van der Waals surface area contributed by atoms with Gasteiger partial charge in [0, 0.05) is 30.9 Å². The first kappa shape index (κ1) is 37.7. The van der Waals surface area contributed by atoms with Crippen molar-refractivity contribution in [2.45, 2.75) is 66.7 Å². The van der Waals surface area contributed by atoms with Gasteiger partial charge in [0.25, 0.3) is 5.91 Å². The van der Waals surface area contributed by atoms with E-state index in [1.165, 1.54) is 36.7 Å². The van der Waals surface area contributed by atoms with Crippen molar-refractivity contribution in [1.82, 2.24) is 21.2 Å². The molecule has 3 rings (SSSR count). The third-order valence-electron chi connectivity index (χ3n) is 5.69. The minimum Gasteiger partial charge on any atom is -0.352 e. The minimum atomic E-state index is 0.0543. The Hall–Kier alpha value is -4.30. The molecule has 0 aliphatic heterocycles. The Morgan fingerprint density at radius 3 is 2.14 bits per heavy atom. The number of aromatic nitrogens is 1. The van der Waals surface area contributed by atoms with Gasteiger partial charge in [-0.05, 0) is 56.2 Å². The van der Waals surface area contributed by atoms with E-state index in [4.69, 9.17) is 10.0 Å². The van der Waals surface area contributed by atoms with Crippen molar-refractivity contribution in [2.24, 2.45) is 5.10 Å². The molecule has 1 aromatic heterocycles. The number of allylic oxidation sites excluding steroid dienone is 1. The van der Waals surface area contributed by atoms with Gasteiger partial charge in [-0.2, -0.15) is 5.10 Å². The quantitative estimate of drug-likeness (QED) is 0.0618. The van der Waals surface area contributed by atoms with Gasteiger partial charge in [0.05, 0.1) is 11.4 Å². The number of hydrazone groups is 1. The number of hydrogen-bond acceptors (Lipinski definition) is 6. The molecule has 0 radical (unpaired) electrons. The second kappa shape index (κ2) is 25.7. The zero-order chi connectivity index (χ0) is 31.4. The van der Waals surface area contributed by atoms with Gasteiger partial charge >= 0.3 is 0 Å². The number of rotatable bonds is 12. The summed E-state index contributed by atoms with van der Waals surface area (Å²) < 4.78 is 0. The number of hydroxylamine groups is 1. The Morgan fingerprint density at radius 2 is 1.57 bits per heavy atom. The lowest BCUT2D eigenvalue weighted by Crippen LogP contribution is -2.25. The van der Waals surface area contributed by atoms with Crippen LogP contribution in [0.2, 0.25) is 0 Å². The van der Waals surface area contributed by atoms with Crippen molar-refractivity contribution in [3.63, 3.8) is 0 Å².